The highest BCUT2D eigenvalue weighted by Crippen LogP contribution is 2.42. The van der Waals surface area contributed by atoms with Gasteiger partial charge in [0.25, 0.3) is 0 Å². The summed E-state index contributed by atoms with van der Waals surface area (Å²) in [4.78, 5) is 0. The molecule has 3 nitrogen and oxygen atoms in total. The number of hydrogen-bond acceptors (Lipinski definition) is 1. The van der Waals surface area contributed by atoms with E-state index in [9.17, 15) is 4.57 Å². The molecule has 57 heavy (non-hydrogen) atoms. The quantitative estimate of drug-likeness (QED) is 0.114. The van der Waals surface area contributed by atoms with Gasteiger partial charge in [0.15, 0.2) is 7.14 Å². The predicted molar refractivity (Wildman–Crippen MR) is 245 cm³/mol. The van der Waals surface area contributed by atoms with Crippen LogP contribution < -0.4 is 15.9 Å². The fourth-order valence-corrected chi connectivity index (χ4v) is 11.6. The van der Waals surface area contributed by atoms with E-state index in [2.05, 4.69) is 140 Å². The summed E-state index contributed by atoms with van der Waals surface area (Å²) in [6, 6.07) is 58.5. The van der Waals surface area contributed by atoms with Crippen LogP contribution in [0.2, 0.25) is 0 Å². The van der Waals surface area contributed by atoms with Gasteiger partial charge in [0.1, 0.15) is 0 Å². The number of fused-ring (bicyclic) bond motifs is 6. The van der Waals surface area contributed by atoms with E-state index >= 15 is 0 Å². The van der Waals surface area contributed by atoms with Crippen molar-refractivity contribution in [3.63, 3.8) is 0 Å². The second-order valence-electron chi connectivity index (χ2n) is 16.6. The second kappa shape index (κ2) is 15.4. The number of aromatic nitrogens is 2. The Balaban J connectivity index is 1.00. The molecule has 0 saturated heterocycles. The minimum Gasteiger partial charge on any atom is -0.340 e. The SMILES string of the molecule is CC(C)Cn1c2ccccc2c2cc(-c3ccc4c(c3)c3cc(CCCc5ccc(P(=O)(c6ccccc6)c6ccccc6)cc5)ccc3n4CC(C)C)ccc21. The van der Waals surface area contributed by atoms with Gasteiger partial charge < -0.3 is 13.7 Å². The van der Waals surface area contributed by atoms with Gasteiger partial charge >= 0.3 is 0 Å². The predicted octanol–water partition coefficient (Wildman–Crippen LogP) is 12.7. The standard InChI is InChI=1S/C53H51N2OP/c1-37(2)35-54-50-21-12-11-20-46(50)48-33-41(25-30-52(48)54)42-26-31-53-49(34-42)47-32-40(24-29-51(47)55(53)36-38(3)4)15-13-14-39-22-27-45(28-23-39)57(56,43-16-7-5-8-17-43)44-18-9-6-10-19-44/h5-12,16-34,37-38H,13-15,35-36H2,1-4H3. The van der Waals surface area contributed by atoms with Crippen LogP contribution in [0.25, 0.3) is 54.7 Å². The Labute approximate surface area is 337 Å². The summed E-state index contributed by atoms with van der Waals surface area (Å²) in [6.45, 7) is 11.2. The number of benzene rings is 7. The molecule has 0 amide bonds. The van der Waals surface area contributed by atoms with Crippen molar-refractivity contribution in [2.24, 2.45) is 11.8 Å². The molecule has 2 aromatic heterocycles. The van der Waals surface area contributed by atoms with Crippen molar-refractivity contribution in [3.05, 3.63) is 175 Å². The van der Waals surface area contributed by atoms with Crippen LogP contribution in [0, 0.1) is 11.8 Å². The van der Waals surface area contributed by atoms with E-state index in [1.807, 2.05) is 60.7 Å². The molecule has 4 heteroatoms. The van der Waals surface area contributed by atoms with Crippen molar-refractivity contribution in [1.82, 2.24) is 9.13 Å². The molecule has 0 aliphatic heterocycles. The summed E-state index contributed by atoms with van der Waals surface area (Å²) in [5, 5.41) is 7.92. The average Bonchev–Trinajstić information content (AvgIpc) is 3.71. The Morgan fingerprint density at radius 3 is 1.40 bits per heavy atom. The van der Waals surface area contributed by atoms with Gasteiger partial charge in [-0.25, -0.2) is 0 Å². The summed E-state index contributed by atoms with van der Waals surface area (Å²) in [6.07, 6.45) is 3.01. The van der Waals surface area contributed by atoms with Gasteiger partial charge in [-0.15, -0.1) is 0 Å². The van der Waals surface area contributed by atoms with E-state index in [1.54, 1.807) is 0 Å². The van der Waals surface area contributed by atoms with Crippen LogP contribution in [0.15, 0.2) is 164 Å². The van der Waals surface area contributed by atoms with Gasteiger partial charge in [0.05, 0.1) is 0 Å². The highest BCUT2D eigenvalue weighted by Gasteiger charge is 2.29. The molecule has 0 fully saturated rings. The molecule has 7 aromatic carbocycles. The minimum absolute atomic E-state index is 0.536. The third-order valence-corrected chi connectivity index (χ3v) is 14.7. The van der Waals surface area contributed by atoms with Gasteiger partial charge in [-0.3, -0.25) is 0 Å². The summed E-state index contributed by atoms with van der Waals surface area (Å²) in [5.41, 5.74) is 10.4. The first-order valence-corrected chi connectivity index (χ1v) is 22.4. The fourth-order valence-electron chi connectivity index (χ4n) is 8.94. The number of aryl methyl sites for hydroxylation is 2. The van der Waals surface area contributed by atoms with E-state index in [-0.39, 0.29) is 0 Å². The summed E-state index contributed by atoms with van der Waals surface area (Å²) >= 11 is 0. The molecule has 2 heterocycles. The third-order valence-electron chi connectivity index (χ3n) is 11.6. The van der Waals surface area contributed by atoms with Gasteiger partial charge in [-0.1, -0.05) is 149 Å². The molecule has 9 aromatic rings. The highest BCUT2D eigenvalue weighted by atomic mass is 31.2. The molecular formula is C53H51N2OP. The molecule has 284 valence electrons. The Hall–Kier alpha value is -5.63. The first-order chi connectivity index (χ1) is 27.8. The van der Waals surface area contributed by atoms with Crippen molar-refractivity contribution < 1.29 is 4.57 Å². The molecular weight excluding hydrogens is 712 g/mol. The van der Waals surface area contributed by atoms with Crippen LogP contribution in [0.4, 0.5) is 0 Å². The van der Waals surface area contributed by atoms with E-state index in [0.717, 1.165) is 48.3 Å². The number of hydrogen-bond donors (Lipinski definition) is 0. The minimum atomic E-state index is -2.97. The number of rotatable bonds is 12. The fraction of sp³-hybridized carbons (Fsp3) is 0.208. The molecule has 0 saturated carbocycles. The molecule has 9 rings (SSSR count). The van der Waals surface area contributed by atoms with Crippen LogP contribution >= 0.6 is 7.14 Å². The molecule has 0 bridgehead atoms. The zero-order valence-electron chi connectivity index (χ0n) is 33.5. The lowest BCUT2D eigenvalue weighted by Crippen LogP contribution is -2.24. The maximum atomic E-state index is 14.8. The first kappa shape index (κ1) is 37.0. The summed E-state index contributed by atoms with van der Waals surface area (Å²) < 4.78 is 19.8. The molecule has 0 aliphatic carbocycles. The van der Waals surface area contributed by atoms with Crippen molar-refractivity contribution in [2.75, 3.05) is 0 Å². The van der Waals surface area contributed by atoms with E-state index < -0.39 is 7.14 Å². The van der Waals surface area contributed by atoms with Crippen molar-refractivity contribution in [3.8, 4) is 11.1 Å². The summed E-state index contributed by atoms with van der Waals surface area (Å²) in [5.74, 6) is 1.10. The van der Waals surface area contributed by atoms with Gasteiger partial charge in [0.2, 0.25) is 0 Å². The largest absolute Gasteiger partial charge is 0.340 e. The van der Waals surface area contributed by atoms with Gasteiger partial charge in [-0.05, 0) is 95.8 Å². The smallest absolute Gasteiger partial charge is 0.171 e. The van der Waals surface area contributed by atoms with Crippen LogP contribution in [0.1, 0.15) is 45.2 Å². The monoisotopic (exact) mass is 762 g/mol. The van der Waals surface area contributed by atoms with Crippen LogP contribution in [-0.2, 0) is 30.5 Å². The zero-order valence-corrected chi connectivity index (χ0v) is 34.4. The molecule has 0 unspecified atom stereocenters. The molecule has 0 N–H and O–H groups in total. The normalized spacial score (nSPS) is 12.2. The number of para-hydroxylation sites is 1. The Bertz CT molecular complexity index is 2860. The lowest BCUT2D eigenvalue weighted by Gasteiger charge is -2.20. The second-order valence-corrected chi connectivity index (χ2v) is 19.4. The first-order valence-electron chi connectivity index (χ1n) is 20.6. The molecule has 0 spiro atoms. The highest BCUT2D eigenvalue weighted by molar-refractivity contribution is 7.85. The van der Waals surface area contributed by atoms with E-state index in [1.165, 1.54) is 65.9 Å². The third kappa shape index (κ3) is 6.93. The lowest BCUT2D eigenvalue weighted by atomic mass is 9.99. The topological polar surface area (TPSA) is 26.9 Å². The summed E-state index contributed by atoms with van der Waals surface area (Å²) in [7, 11) is -2.97. The van der Waals surface area contributed by atoms with Crippen molar-refractivity contribution in [1.29, 1.82) is 0 Å². The van der Waals surface area contributed by atoms with E-state index in [0.29, 0.717) is 11.8 Å². The Morgan fingerprint density at radius 1 is 0.421 bits per heavy atom. The Kier molecular flexibility index (Phi) is 9.97. The van der Waals surface area contributed by atoms with Gasteiger partial charge in [-0.2, -0.15) is 0 Å². The molecule has 0 atom stereocenters. The maximum Gasteiger partial charge on any atom is 0.171 e. The zero-order chi connectivity index (χ0) is 39.1. The molecule has 0 aliphatic rings. The van der Waals surface area contributed by atoms with Crippen LogP contribution in [0.5, 0.6) is 0 Å². The number of nitrogens with zero attached hydrogens (tertiary/aromatic N) is 2. The average molecular weight is 763 g/mol. The Morgan fingerprint density at radius 2 is 0.842 bits per heavy atom. The van der Waals surface area contributed by atoms with Crippen molar-refractivity contribution in [2.45, 2.75) is 60.0 Å². The maximum absolute atomic E-state index is 14.8. The van der Waals surface area contributed by atoms with Crippen LogP contribution in [0.3, 0.4) is 0 Å². The lowest BCUT2D eigenvalue weighted by molar-refractivity contribution is 0.545. The van der Waals surface area contributed by atoms with Gasteiger partial charge in [0, 0.05) is 72.6 Å². The van der Waals surface area contributed by atoms with Crippen molar-refractivity contribution >= 4 is 66.7 Å². The van der Waals surface area contributed by atoms with E-state index in [4.69, 9.17) is 0 Å². The molecule has 0 radical (unpaired) electrons. The van der Waals surface area contributed by atoms with Crippen LogP contribution in [-0.4, -0.2) is 9.13 Å².